The van der Waals surface area contributed by atoms with Gasteiger partial charge in [-0.3, -0.25) is 0 Å². The number of pyridine rings is 2. The maximum absolute atomic E-state index is 4.67. The molecule has 0 saturated heterocycles. The lowest BCUT2D eigenvalue weighted by Crippen LogP contribution is -2.53. The van der Waals surface area contributed by atoms with Gasteiger partial charge in [0.15, 0.2) is 12.4 Å². The summed E-state index contributed by atoms with van der Waals surface area (Å²) in [6.07, 6.45) is 6.53. The Labute approximate surface area is 177 Å². The minimum absolute atomic E-state index is 0.177. The summed E-state index contributed by atoms with van der Waals surface area (Å²) in [5.41, 5.74) is 9.11. The number of aryl methyl sites for hydroxylation is 1. The largest absolute Gasteiger partial charge is 0.249 e. The summed E-state index contributed by atoms with van der Waals surface area (Å²) >= 11 is 0. The van der Waals surface area contributed by atoms with Crippen LogP contribution in [0, 0.1) is 0 Å². The van der Waals surface area contributed by atoms with Gasteiger partial charge in [-0.2, -0.15) is 9.13 Å². The molecule has 2 atom stereocenters. The van der Waals surface area contributed by atoms with E-state index < -0.39 is 0 Å². The second kappa shape index (κ2) is 6.77. The molecule has 0 saturated carbocycles. The van der Waals surface area contributed by atoms with Crippen molar-refractivity contribution < 1.29 is 9.13 Å². The third-order valence-electron chi connectivity index (χ3n) is 6.74. The molecule has 144 valence electrons. The minimum atomic E-state index is 0.177. The van der Waals surface area contributed by atoms with Crippen LogP contribution < -0.4 is 9.13 Å². The summed E-state index contributed by atoms with van der Waals surface area (Å²) in [5.74, 6) is 0.375. The molecule has 2 heteroatoms. The van der Waals surface area contributed by atoms with Crippen LogP contribution in [0.25, 0.3) is 28.2 Å². The van der Waals surface area contributed by atoms with E-state index in [1.165, 1.54) is 33.6 Å². The van der Waals surface area contributed by atoms with Crippen molar-refractivity contribution in [2.75, 3.05) is 0 Å². The van der Waals surface area contributed by atoms with E-state index in [1.54, 1.807) is 0 Å². The molecule has 0 fully saturated rings. The van der Waals surface area contributed by atoms with Crippen molar-refractivity contribution in [3.63, 3.8) is 0 Å². The Hall–Kier alpha value is -3.52. The molecule has 6 rings (SSSR count). The van der Waals surface area contributed by atoms with E-state index in [0.717, 1.165) is 18.5 Å². The number of hydrogen-bond acceptors (Lipinski definition) is 0. The Balaban J connectivity index is 1.65. The number of benzene rings is 2. The number of nitrogens with zero attached hydrogens (tertiary/aromatic N) is 2. The highest BCUT2D eigenvalue weighted by molar-refractivity contribution is 5.66. The molecule has 2 nitrogen and oxygen atoms in total. The van der Waals surface area contributed by atoms with Gasteiger partial charge in [0, 0.05) is 35.4 Å². The number of hydrogen-bond donors (Lipinski definition) is 0. The summed E-state index contributed by atoms with van der Waals surface area (Å²) in [4.78, 5) is 0. The van der Waals surface area contributed by atoms with Crippen molar-refractivity contribution >= 4 is 5.70 Å². The van der Waals surface area contributed by atoms with Crippen LogP contribution in [-0.2, 0) is 6.42 Å². The third kappa shape index (κ3) is 2.50. The van der Waals surface area contributed by atoms with Crippen molar-refractivity contribution in [1.29, 1.82) is 0 Å². The van der Waals surface area contributed by atoms with E-state index in [1.807, 2.05) is 0 Å². The van der Waals surface area contributed by atoms with Gasteiger partial charge in [0.1, 0.15) is 0 Å². The fourth-order valence-electron chi connectivity index (χ4n) is 5.41. The van der Waals surface area contributed by atoms with Crippen LogP contribution in [-0.4, -0.2) is 0 Å². The zero-order chi connectivity index (χ0) is 20.1. The number of aromatic nitrogens is 2. The molecular weight excluding hydrogens is 364 g/mol. The van der Waals surface area contributed by atoms with Crippen LogP contribution >= 0.6 is 0 Å². The SMILES string of the molecule is C=C1C2C(CCc3ccccc3-c3cccc[n+]31)c1ccccc1-c1cccc[n+]12. The number of rotatable bonds is 0. The maximum Gasteiger partial charge on any atom is 0.249 e. The zero-order valence-electron chi connectivity index (χ0n) is 16.9. The minimum Gasteiger partial charge on any atom is -0.184 e. The van der Waals surface area contributed by atoms with Gasteiger partial charge in [-0.15, -0.1) is 0 Å². The summed E-state index contributed by atoms with van der Waals surface area (Å²) < 4.78 is 4.74. The summed E-state index contributed by atoms with van der Waals surface area (Å²) in [7, 11) is 0. The topological polar surface area (TPSA) is 7.76 Å². The molecule has 0 N–H and O–H groups in total. The van der Waals surface area contributed by atoms with Crippen LogP contribution in [0.5, 0.6) is 0 Å². The first-order valence-electron chi connectivity index (χ1n) is 10.7. The molecule has 2 aromatic heterocycles. The molecular formula is C28H24N2+2. The van der Waals surface area contributed by atoms with Crippen molar-refractivity contribution in [3.8, 4) is 22.5 Å². The Morgan fingerprint density at radius 1 is 0.700 bits per heavy atom. The molecule has 0 radical (unpaired) electrons. The average molecular weight is 389 g/mol. The van der Waals surface area contributed by atoms with E-state index in [0.29, 0.717) is 5.92 Å². The molecule has 2 aliphatic heterocycles. The van der Waals surface area contributed by atoms with Gasteiger partial charge in [0.05, 0.1) is 5.92 Å². The van der Waals surface area contributed by atoms with Gasteiger partial charge in [-0.25, -0.2) is 0 Å². The first-order valence-corrected chi connectivity index (χ1v) is 10.7. The predicted molar refractivity (Wildman–Crippen MR) is 120 cm³/mol. The Morgan fingerprint density at radius 2 is 1.40 bits per heavy atom. The fraction of sp³-hybridized carbons (Fsp3) is 0.143. The van der Waals surface area contributed by atoms with Crippen LogP contribution in [0.4, 0.5) is 0 Å². The van der Waals surface area contributed by atoms with Crippen molar-refractivity contribution in [2.45, 2.75) is 24.8 Å². The lowest BCUT2D eigenvalue weighted by atomic mass is 9.78. The van der Waals surface area contributed by atoms with E-state index in [9.17, 15) is 0 Å². The average Bonchev–Trinajstić information content (AvgIpc) is 2.86. The van der Waals surface area contributed by atoms with E-state index in [-0.39, 0.29) is 6.04 Å². The molecule has 0 bridgehead atoms. The smallest absolute Gasteiger partial charge is 0.184 e. The van der Waals surface area contributed by atoms with Gasteiger partial charge in [0.2, 0.25) is 23.1 Å². The van der Waals surface area contributed by atoms with Gasteiger partial charge in [-0.05, 0) is 54.8 Å². The van der Waals surface area contributed by atoms with Gasteiger partial charge < -0.3 is 0 Å². The highest BCUT2D eigenvalue weighted by Gasteiger charge is 2.46. The third-order valence-corrected chi connectivity index (χ3v) is 6.74. The lowest BCUT2D eigenvalue weighted by Gasteiger charge is -2.29. The van der Waals surface area contributed by atoms with E-state index in [4.69, 9.17) is 0 Å². The first-order chi connectivity index (χ1) is 14.8. The van der Waals surface area contributed by atoms with Gasteiger partial charge >= 0.3 is 0 Å². The van der Waals surface area contributed by atoms with Crippen molar-refractivity contribution in [2.24, 2.45) is 0 Å². The monoisotopic (exact) mass is 388 g/mol. The van der Waals surface area contributed by atoms with Crippen LogP contribution in [0.3, 0.4) is 0 Å². The zero-order valence-corrected chi connectivity index (χ0v) is 16.9. The molecule has 0 amide bonds. The van der Waals surface area contributed by atoms with E-state index in [2.05, 4.69) is 113 Å². The van der Waals surface area contributed by atoms with Crippen molar-refractivity contribution in [1.82, 2.24) is 0 Å². The van der Waals surface area contributed by atoms with Crippen LogP contribution in [0.1, 0.15) is 29.5 Å². The number of allylic oxidation sites excluding steroid dienone is 1. The normalized spacial score (nSPS) is 19.1. The Bertz CT molecular complexity index is 1290. The van der Waals surface area contributed by atoms with E-state index >= 15 is 0 Å². The van der Waals surface area contributed by atoms with Gasteiger partial charge in [-0.1, -0.05) is 36.4 Å². The lowest BCUT2D eigenvalue weighted by molar-refractivity contribution is -0.727. The summed E-state index contributed by atoms with van der Waals surface area (Å²) in [5, 5.41) is 0. The summed E-state index contributed by atoms with van der Waals surface area (Å²) in [6.45, 7) is 4.67. The maximum atomic E-state index is 4.67. The molecule has 0 aliphatic carbocycles. The second-order valence-electron chi connectivity index (χ2n) is 8.27. The first kappa shape index (κ1) is 17.3. The predicted octanol–water partition coefficient (Wildman–Crippen LogP) is 5.35. The summed E-state index contributed by atoms with van der Waals surface area (Å²) in [6, 6.07) is 30.9. The van der Waals surface area contributed by atoms with Gasteiger partial charge in [0.25, 0.3) is 0 Å². The molecule has 4 aromatic rings. The van der Waals surface area contributed by atoms with Crippen LogP contribution in [0.2, 0.25) is 0 Å². The Kier molecular flexibility index (Phi) is 3.92. The Morgan fingerprint density at radius 3 is 2.30 bits per heavy atom. The van der Waals surface area contributed by atoms with Crippen molar-refractivity contribution in [3.05, 3.63) is 115 Å². The quantitative estimate of drug-likeness (QED) is 0.359. The molecule has 4 heterocycles. The number of fused-ring (bicyclic) bond motifs is 9. The highest BCUT2D eigenvalue weighted by atomic mass is 15.1. The highest BCUT2D eigenvalue weighted by Crippen LogP contribution is 2.44. The van der Waals surface area contributed by atoms with Crippen LogP contribution in [0.15, 0.2) is 104 Å². The molecule has 0 spiro atoms. The second-order valence-corrected chi connectivity index (χ2v) is 8.27. The molecule has 2 unspecified atom stereocenters. The standard InChI is InChI=1S/C28H24N2/c1-20-28-25(23-12-4-5-13-24(23)27-15-7-9-19-30(27)28)17-16-21-10-2-3-11-22(21)26-14-6-8-18-29(20)26/h2-15,18-19,25,28H,1,16-17H2/q+2. The fourth-order valence-corrected chi connectivity index (χ4v) is 5.41. The molecule has 2 aromatic carbocycles. The molecule has 2 aliphatic rings. The molecule has 30 heavy (non-hydrogen) atoms.